The Balaban J connectivity index is 2.33. The van der Waals surface area contributed by atoms with Crippen LogP contribution in [0.3, 0.4) is 0 Å². The monoisotopic (exact) mass is 448 g/mol. The second kappa shape index (κ2) is 11.7. The number of rotatable bonds is 11. The molecule has 32 heavy (non-hydrogen) atoms. The van der Waals surface area contributed by atoms with Gasteiger partial charge in [-0.05, 0) is 37.6 Å². The largest absolute Gasteiger partial charge is 0.493 e. The average Bonchev–Trinajstić information content (AvgIpc) is 2.99. The lowest BCUT2D eigenvalue weighted by Gasteiger charge is -2.16. The summed E-state index contributed by atoms with van der Waals surface area (Å²) in [6.07, 6.45) is 1.32. The topological polar surface area (TPSA) is 112 Å². The number of benzene rings is 1. The van der Waals surface area contributed by atoms with Crippen molar-refractivity contribution in [1.82, 2.24) is 9.80 Å². The van der Waals surface area contributed by atoms with Crippen LogP contribution in [-0.2, 0) is 23.9 Å². The van der Waals surface area contributed by atoms with Crippen LogP contribution < -0.4 is 9.47 Å². The van der Waals surface area contributed by atoms with Crippen molar-refractivity contribution in [3.8, 4) is 11.5 Å². The second-order valence-corrected chi connectivity index (χ2v) is 6.65. The Kier molecular flexibility index (Phi) is 9.06. The lowest BCUT2D eigenvalue weighted by atomic mass is 10.1. The molecule has 3 amide bonds. The molecule has 1 saturated heterocycles. The third-order valence-corrected chi connectivity index (χ3v) is 4.62. The van der Waals surface area contributed by atoms with Gasteiger partial charge in [-0.25, -0.2) is 4.79 Å². The zero-order chi connectivity index (χ0) is 23.7. The van der Waals surface area contributed by atoms with Crippen LogP contribution in [0.2, 0.25) is 0 Å². The van der Waals surface area contributed by atoms with Crippen molar-refractivity contribution in [2.45, 2.75) is 26.7 Å². The molecule has 10 heteroatoms. The molecule has 0 N–H and O–H groups in total. The van der Waals surface area contributed by atoms with Gasteiger partial charge in [0.2, 0.25) is 0 Å². The van der Waals surface area contributed by atoms with Gasteiger partial charge in [0.25, 0.3) is 5.91 Å². The highest BCUT2D eigenvalue weighted by atomic mass is 16.5. The highest BCUT2D eigenvalue weighted by Gasteiger charge is 2.41. The molecule has 0 saturated carbocycles. The Morgan fingerprint density at radius 3 is 1.97 bits per heavy atom. The minimum Gasteiger partial charge on any atom is -0.493 e. The summed E-state index contributed by atoms with van der Waals surface area (Å²) in [5.41, 5.74) is 0.669. The van der Waals surface area contributed by atoms with Gasteiger partial charge in [-0.3, -0.25) is 24.2 Å². The van der Waals surface area contributed by atoms with Gasteiger partial charge in [0, 0.05) is 13.1 Å². The predicted molar refractivity (Wildman–Crippen MR) is 114 cm³/mol. The minimum absolute atomic E-state index is 0.0432. The summed E-state index contributed by atoms with van der Waals surface area (Å²) < 4.78 is 20.3. The lowest BCUT2D eigenvalue weighted by Crippen LogP contribution is -2.35. The Bertz CT molecular complexity index is 896. The SMILES string of the molecule is CCOC(=O)CCN1C(=O)C(=Cc2ccc(OC)c(OC)c2)N(CCC(=O)OCC)C1=O. The Labute approximate surface area is 186 Å². The number of amides is 3. The van der Waals surface area contributed by atoms with Gasteiger partial charge in [-0.2, -0.15) is 0 Å². The number of nitrogens with zero attached hydrogens (tertiary/aromatic N) is 2. The number of carbonyl (C=O) groups excluding carboxylic acids is 4. The second-order valence-electron chi connectivity index (χ2n) is 6.65. The summed E-state index contributed by atoms with van der Waals surface area (Å²) >= 11 is 0. The predicted octanol–water partition coefficient (Wildman–Crippen LogP) is 2.22. The van der Waals surface area contributed by atoms with Crippen molar-refractivity contribution >= 4 is 30.0 Å². The van der Waals surface area contributed by atoms with E-state index in [1.165, 1.54) is 25.2 Å². The molecule has 1 aromatic rings. The maximum Gasteiger partial charge on any atom is 0.331 e. The van der Waals surface area contributed by atoms with Crippen LogP contribution >= 0.6 is 0 Å². The molecule has 0 aromatic heterocycles. The number of hydrogen-bond donors (Lipinski definition) is 0. The molecule has 0 aliphatic carbocycles. The summed E-state index contributed by atoms with van der Waals surface area (Å²) in [5.74, 6) is -0.598. The number of carbonyl (C=O) groups is 4. The quantitative estimate of drug-likeness (QED) is 0.288. The third-order valence-electron chi connectivity index (χ3n) is 4.62. The molecule has 1 heterocycles. The number of imide groups is 1. The van der Waals surface area contributed by atoms with Crippen LogP contribution in [0.25, 0.3) is 6.08 Å². The van der Waals surface area contributed by atoms with E-state index in [9.17, 15) is 19.2 Å². The van der Waals surface area contributed by atoms with Crippen molar-refractivity contribution in [3.05, 3.63) is 29.5 Å². The molecule has 0 unspecified atom stereocenters. The van der Waals surface area contributed by atoms with Crippen molar-refractivity contribution in [2.24, 2.45) is 0 Å². The number of urea groups is 1. The Hall–Kier alpha value is -3.56. The van der Waals surface area contributed by atoms with Crippen LogP contribution in [0.4, 0.5) is 4.79 Å². The molecule has 1 fully saturated rings. The van der Waals surface area contributed by atoms with Crippen molar-refractivity contribution < 1.29 is 38.1 Å². The molecular formula is C22H28N2O8. The number of methoxy groups -OCH3 is 2. The molecular weight excluding hydrogens is 420 g/mol. The molecule has 1 aliphatic heterocycles. The smallest absolute Gasteiger partial charge is 0.331 e. The lowest BCUT2D eigenvalue weighted by molar-refractivity contribution is -0.144. The van der Waals surface area contributed by atoms with Crippen LogP contribution in [0.1, 0.15) is 32.3 Å². The molecule has 1 aliphatic rings. The first-order valence-electron chi connectivity index (χ1n) is 10.2. The minimum atomic E-state index is -0.615. The summed E-state index contributed by atoms with van der Waals surface area (Å²) in [6.45, 7) is 3.60. The highest BCUT2D eigenvalue weighted by Crippen LogP contribution is 2.30. The zero-order valence-corrected chi connectivity index (χ0v) is 18.7. The molecule has 0 bridgehead atoms. The van der Waals surface area contributed by atoms with E-state index in [0.29, 0.717) is 17.1 Å². The van der Waals surface area contributed by atoms with Crippen LogP contribution in [0, 0.1) is 0 Å². The normalized spacial score (nSPS) is 14.7. The van der Waals surface area contributed by atoms with E-state index in [1.807, 2.05) is 0 Å². The fraction of sp³-hybridized carbons (Fsp3) is 0.455. The van der Waals surface area contributed by atoms with Gasteiger partial charge < -0.3 is 18.9 Å². The summed E-state index contributed by atoms with van der Waals surface area (Å²) in [6, 6.07) is 4.43. The van der Waals surface area contributed by atoms with E-state index in [1.54, 1.807) is 32.0 Å². The Morgan fingerprint density at radius 1 is 0.875 bits per heavy atom. The van der Waals surface area contributed by atoms with Gasteiger partial charge in [0.05, 0.1) is 40.3 Å². The molecule has 10 nitrogen and oxygen atoms in total. The maximum atomic E-state index is 13.0. The van der Waals surface area contributed by atoms with Gasteiger partial charge in [-0.1, -0.05) is 6.07 Å². The van der Waals surface area contributed by atoms with Crippen LogP contribution in [0.15, 0.2) is 23.9 Å². The van der Waals surface area contributed by atoms with Gasteiger partial charge in [0.1, 0.15) is 5.70 Å². The van der Waals surface area contributed by atoms with Crippen molar-refractivity contribution in [2.75, 3.05) is 40.5 Å². The van der Waals surface area contributed by atoms with E-state index in [2.05, 4.69) is 0 Å². The fourth-order valence-corrected chi connectivity index (χ4v) is 3.12. The van der Waals surface area contributed by atoms with E-state index < -0.39 is 23.9 Å². The van der Waals surface area contributed by atoms with E-state index in [4.69, 9.17) is 18.9 Å². The molecule has 0 spiro atoms. The number of esters is 2. The summed E-state index contributed by atoms with van der Waals surface area (Å²) in [5, 5.41) is 0. The van der Waals surface area contributed by atoms with E-state index >= 15 is 0 Å². The van der Waals surface area contributed by atoms with Gasteiger partial charge in [0.15, 0.2) is 11.5 Å². The third kappa shape index (κ3) is 5.99. The first-order valence-corrected chi connectivity index (χ1v) is 10.2. The molecule has 1 aromatic carbocycles. The standard InChI is InChI=1S/C22H28N2O8/c1-5-31-19(25)9-11-23-16(13-15-7-8-17(29-3)18(14-15)30-4)21(27)24(22(23)28)12-10-20(26)32-6-2/h7-8,13-14H,5-6,9-12H2,1-4H3. The average molecular weight is 448 g/mol. The van der Waals surface area contributed by atoms with Crippen LogP contribution in [-0.4, -0.2) is 74.2 Å². The molecule has 0 atom stereocenters. The Morgan fingerprint density at radius 2 is 1.44 bits per heavy atom. The first kappa shape index (κ1) is 24.7. The van der Waals surface area contributed by atoms with Gasteiger partial charge >= 0.3 is 18.0 Å². The van der Waals surface area contributed by atoms with E-state index in [0.717, 1.165) is 4.90 Å². The number of ether oxygens (including phenoxy) is 4. The van der Waals surface area contributed by atoms with E-state index in [-0.39, 0.29) is 44.8 Å². The summed E-state index contributed by atoms with van der Waals surface area (Å²) in [7, 11) is 3.00. The summed E-state index contributed by atoms with van der Waals surface area (Å²) in [4.78, 5) is 51.6. The molecule has 0 radical (unpaired) electrons. The maximum absolute atomic E-state index is 13.0. The first-order chi connectivity index (χ1) is 15.4. The van der Waals surface area contributed by atoms with Crippen molar-refractivity contribution in [1.29, 1.82) is 0 Å². The van der Waals surface area contributed by atoms with Crippen molar-refractivity contribution in [3.63, 3.8) is 0 Å². The molecule has 2 rings (SSSR count). The number of hydrogen-bond acceptors (Lipinski definition) is 8. The highest BCUT2D eigenvalue weighted by molar-refractivity contribution is 6.14. The van der Waals surface area contributed by atoms with Crippen LogP contribution in [0.5, 0.6) is 11.5 Å². The van der Waals surface area contributed by atoms with Gasteiger partial charge in [-0.15, -0.1) is 0 Å². The fourth-order valence-electron chi connectivity index (χ4n) is 3.12. The zero-order valence-electron chi connectivity index (χ0n) is 18.7. The molecule has 174 valence electrons.